The van der Waals surface area contributed by atoms with Gasteiger partial charge in [0.05, 0.1) is 13.7 Å². The predicted molar refractivity (Wildman–Crippen MR) is 105 cm³/mol. The minimum atomic E-state index is -0.797. The first-order valence-electron chi connectivity index (χ1n) is 9.15. The van der Waals surface area contributed by atoms with Crippen molar-refractivity contribution in [2.24, 2.45) is 5.92 Å². The van der Waals surface area contributed by atoms with Gasteiger partial charge in [0, 0.05) is 5.92 Å². The number of esters is 1. The van der Waals surface area contributed by atoms with E-state index in [-0.39, 0.29) is 18.3 Å². The van der Waals surface area contributed by atoms with E-state index in [2.05, 4.69) is 0 Å². The van der Waals surface area contributed by atoms with E-state index >= 15 is 0 Å². The van der Waals surface area contributed by atoms with E-state index in [0.717, 1.165) is 28.0 Å². The van der Waals surface area contributed by atoms with Crippen molar-refractivity contribution in [3.8, 4) is 5.75 Å². The highest BCUT2D eigenvalue weighted by Crippen LogP contribution is 2.40. The standard InChI is InChI=1S/C23H24O4/c1-4-27-23(25)22-20(17-7-5-15(2)6-8-17)13-18(14-21(22)24)16-9-11-19(26-3)12-10-16/h5-12,14,20,22H,4,13H2,1-3H3/t20-,22+/m0/s1. The Morgan fingerprint density at radius 1 is 1.07 bits per heavy atom. The van der Waals surface area contributed by atoms with Gasteiger partial charge in [-0.1, -0.05) is 42.0 Å². The van der Waals surface area contributed by atoms with Gasteiger partial charge in [-0.05, 0) is 55.2 Å². The largest absolute Gasteiger partial charge is 0.497 e. The lowest BCUT2D eigenvalue weighted by Crippen LogP contribution is -2.34. The highest BCUT2D eigenvalue weighted by atomic mass is 16.5. The number of ether oxygens (including phenoxy) is 2. The van der Waals surface area contributed by atoms with Crippen LogP contribution in [0.4, 0.5) is 0 Å². The summed E-state index contributed by atoms with van der Waals surface area (Å²) in [5.74, 6) is -0.913. The maximum Gasteiger partial charge on any atom is 0.317 e. The zero-order valence-corrected chi connectivity index (χ0v) is 15.9. The Balaban J connectivity index is 1.99. The number of carbonyl (C=O) groups is 2. The quantitative estimate of drug-likeness (QED) is 0.586. The molecule has 0 radical (unpaired) electrons. The Kier molecular flexibility index (Phi) is 5.75. The number of aryl methyl sites for hydroxylation is 1. The van der Waals surface area contributed by atoms with Gasteiger partial charge >= 0.3 is 5.97 Å². The fourth-order valence-corrected chi connectivity index (χ4v) is 3.52. The maximum absolute atomic E-state index is 12.9. The van der Waals surface area contributed by atoms with Gasteiger partial charge in [-0.3, -0.25) is 9.59 Å². The van der Waals surface area contributed by atoms with Crippen LogP contribution in [-0.2, 0) is 14.3 Å². The van der Waals surface area contributed by atoms with Gasteiger partial charge in [0.25, 0.3) is 0 Å². The zero-order chi connectivity index (χ0) is 19.4. The Bertz CT molecular complexity index is 847. The summed E-state index contributed by atoms with van der Waals surface area (Å²) in [5, 5.41) is 0. The van der Waals surface area contributed by atoms with Gasteiger partial charge in [0.1, 0.15) is 11.7 Å². The maximum atomic E-state index is 12.9. The average molecular weight is 364 g/mol. The molecule has 2 aromatic carbocycles. The van der Waals surface area contributed by atoms with Gasteiger partial charge in [-0.15, -0.1) is 0 Å². The van der Waals surface area contributed by atoms with E-state index in [0.29, 0.717) is 6.42 Å². The summed E-state index contributed by atoms with van der Waals surface area (Å²) in [6, 6.07) is 15.6. The molecular weight excluding hydrogens is 340 g/mol. The van der Waals surface area contributed by atoms with Crippen LogP contribution in [0.5, 0.6) is 5.75 Å². The second-order valence-corrected chi connectivity index (χ2v) is 6.75. The molecule has 4 heteroatoms. The van der Waals surface area contributed by atoms with Crippen molar-refractivity contribution < 1.29 is 19.1 Å². The van der Waals surface area contributed by atoms with Gasteiger partial charge in [-0.2, -0.15) is 0 Å². The first-order chi connectivity index (χ1) is 13.0. The number of hydrogen-bond donors (Lipinski definition) is 0. The lowest BCUT2D eigenvalue weighted by atomic mass is 9.73. The molecule has 0 saturated carbocycles. The minimum absolute atomic E-state index is 0.198. The number of methoxy groups -OCH3 is 1. The molecule has 0 unspecified atom stereocenters. The van der Waals surface area contributed by atoms with Crippen molar-refractivity contribution in [2.75, 3.05) is 13.7 Å². The molecule has 2 aromatic rings. The van der Waals surface area contributed by atoms with Crippen molar-refractivity contribution in [3.63, 3.8) is 0 Å². The van der Waals surface area contributed by atoms with Crippen LogP contribution in [0.15, 0.2) is 54.6 Å². The SMILES string of the molecule is CCOC(=O)[C@H]1C(=O)C=C(c2ccc(OC)cc2)C[C@H]1c1ccc(C)cc1. The van der Waals surface area contributed by atoms with E-state index in [1.54, 1.807) is 20.1 Å². The van der Waals surface area contributed by atoms with Crippen LogP contribution in [0, 0.1) is 12.8 Å². The molecule has 0 N–H and O–H groups in total. The van der Waals surface area contributed by atoms with Crippen molar-refractivity contribution >= 4 is 17.3 Å². The molecule has 0 amide bonds. The van der Waals surface area contributed by atoms with Crippen LogP contribution in [0.3, 0.4) is 0 Å². The molecule has 1 aliphatic carbocycles. The Morgan fingerprint density at radius 3 is 2.33 bits per heavy atom. The third kappa shape index (κ3) is 4.11. The molecular formula is C23H24O4. The molecule has 0 bridgehead atoms. The third-order valence-electron chi connectivity index (χ3n) is 4.97. The van der Waals surface area contributed by atoms with E-state index in [9.17, 15) is 9.59 Å². The van der Waals surface area contributed by atoms with Gasteiger partial charge in [0.15, 0.2) is 5.78 Å². The second-order valence-electron chi connectivity index (χ2n) is 6.75. The molecule has 0 aliphatic heterocycles. The number of benzene rings is 2. The molecule has 3 rings (SSSR count). The molecule has 27 heavy (non-hydrogen) atoms. The third-order valence-corrected chi connectivity index (χ3v) is 4.97. The van der Waals surface area contributed by atoms with E-state index < -0.39 is 11.9 Å². The van der Waals surface area contributed by atoms with E-state index in [4.69, 9.17) is 9.47 Å². The van der Waals surface area contributed by atoms with Gasteiger partial charge in [-0.25, -0.2) is 0 Å². The molecule has 0 saturated heterocycles. The fraction of sp³-hybridized carbons (Fsp3) is 0.304. The van der Waals surface area contributed by atoms with Crippen molar-refractivity contribution in [1.29, 1.82) is 0 Å². The number of allylic oxidation sites excluding steroid dienone is 2. The van der Waals surface area contributed by atoms with Crippen LogP contribution in [0.1, 0.15) is 36.0 Å². The fourth-order valence-electron chi connectivity index (χ4n) is 3.52. The molecule has 0 spiro atoms. The lowest BCUT2D eigenvalue weighted by molar-refractivity contribution is -0.151. The summed E-state index contributed by atoms with van der Waals surface area (Å²) in [6.07, 6.45) is 2.19. The summed E-state index contributed by atoms with van der Waals surface area (Å²) in [7, 11) is 1.62. The number of hydrogen-bond acceptors (Lipinski definition) is 4. The van der Waals surface area contributed by atoms with Crippen molar-refractivity contribution in [2.45, 2.75) is 26.2 Å². The highest BCUT2D eigenvalue weighted by molar-refractivity contribution is 6.10. The number of carbonyl (C=O) groups excluding carboxylic acids is 2. The van der Waals surface area contributed by atoms with Gasteiger partial charge in [0.2, 0.25) is 0 Å². The first-order valence-corrected chi connectivity index (χ1v) is 9.15. The normalized spacial score (nSPS) is 19.4. The monoisotopic (exact) mass is 364 g/mol. The molecule has 4 nitrogen and oxygen atoms in total. The van der Waals surface area contributed by atoms with Crippen LogP contribution in [-0.4, -0.2) is 25.5 Å². The zero-order valence-electron chi connectivity index (χ0n) is 15.9. The molecule has 2 atom stereocenters. The topological polar surface area (TPSA) is 52.6 Å². The van der Waals surface area contributed by atoms with E-state index in [1.165, 1.54) is 0 Å². The van der Waals surface area contributed by atoms with Crippen LogP contribution in [0.25, 0.3) is 5.57 Å². The average Bonchev–Trinajstić information content (AvgIpc) is 2.68. The Labute approximate surface area is 159 Å². The molecule has 140 valence electrons. The summed E-state index contributed by atoms with van der Waals surface area (Å²) in [4.78, 5) is 25.4. The number of ketones is 1. The Morgan fingerprint density at radius 2 is 1.74 bits per heavy atom. The van der Waals surface area contributed by atoms with Crippen LogP contribution >= 0.6 is 0 Å². The lowest BCUT2D eigenvalue weighted by Gasteiger charge is -2.29. The molecule has 0 heterocycles. The summed E-state index contributed by atoms with van der Waals surface area (Å²) in [5.41, 5.74) is 4.00. The van der Waals surface area contributed by atoms with Crippen molar-refractivity contribution in [1.82, 2.24) is 0 Å². The molecule has 1 aliphatic rings. The highest BCUT2D eigenvalue weighted by Gasteiger charge is 2.39. The second kappa shape index (κ2) is 8.21. The summed E-state index contributed by atoms with van der Waals surface area (Å²) in [6.45, 7) is 4.03. The van der Waals surface area contributed by atoms with Crippen LogP contribution in [0.2, 0.25) is 0 Å². The predicted octanol–water partition coefficient (Wildman–Crippen LogP) is 4.32. The number of rotatable bonds is 5. The van der Waals surface area contributed by atoms with E-state index in [1.807, 2.05) is 55.5 Å². The molecule has 0 aromatic heterocycles. The van der Waals surface area contributed by atoms with Gasteiger partial charge < -0.3 is 9.47 Å². The first kappa shape index (κ1) is 18.9. The van der Waals surface area contributed by atoms with Crippen LogP contribution < -0.4 is 4.74 Å². The minimum Gasteiger partial charge on any atom is -0.497 e. The summed E-state index contributed by atoms with van der Waals surface area (Å²) < 4.78 is 10.4. The Hall–Kier alpha value is -2.88. The smallest absolute Gasteiger partial charge is 0.317 e. The van der Waals surface area contributed by atoms with Crippen molar-refractivity contribution in [3.05, 3.63) is 71.3 Å². The summed E-state index contributed by atoms with van der Waals surface area (Å²) >= 11 is 0. The molecule has 0 fully saturated rings.